The fraction of sp³-hybridized carbons (Fsp3) is 1.00. The van der Waals surface area contributed by atoms with Gasteiger partial charge in [0.05, 0.1) is 5.60 Å². The number of nitrogens with one attached hydrogen (secondary N) is 1. The summed E-state index contributed by atoms with van der Waals surface area (Å²) in [4.78, 5) is 0. The Kier molecular flexibility index (Phi) is 7.38. The molecule has 0 spiro atoms. The van der Waals surface area contributed by atoms with Crippen LogP contribution in [0.5, 0.6) is 0 Å². The summed E-state index contributed by atoms with van der Waals surface area (Å²) >= 11 is 0. The lowest BCUT2D eigenvalue weighted by molar-refractivity contribution is -0.0592. The smallest absolute Gasteiger partial charge is 0.0806 e. The van der Waals surface area contributed by atoms with Crippen LogP contribution in [0.1, 0.15) is 85.5 Å². The number of hydrogen-bond donors (Lipinski definition) is 1. The van der Waals surface area contributed by atoms with Crippen molar-refractivity contribution in [1.29, 1.82) is 0 Å². The second-order valence-corrected chi connectivity index (χ2v) is 7.26. The van der Waals surface area contributed by atoms with Crippen LogP contribution in [0.2, 0.25) is 0 Å². The maximum absolute atomic E-state index is 6.39. The molecular weight excluding hydrogens is 234 g/mol. The van der Waals surface area contributed by atoms with Gasteiger partial charge in [-0.25, -0.2) is 0 Å². The molecule has 0 aromatic rings. The Bertz CT molecular complexity index is 224. The van der Waals surface area contributed by atoms with Crippen molar-refractivity contribution in [3.8, 4) is 0 Å². The van der Waals surface area contributed by atoms with Gasteiger partial charge in [0.25, 0.3) is 0 Å². The van der Waals surface area contributed by atoms with Gasteiger partial charge in [0.1, 0.15) is 0 Å². The van der Waals surface area contributed by atoms with Crippen molar-refractivity contribution in [3.05, 3.63) is 0 Å². The summed E-state index contributed by atoms with van der Waals surface area (Å²) in [7, 11) is 0. The van der Waals surface area contributed by atoms with Gasteiger partial charge < -0.3 is 10.1 Å². The number of hydrogen-bond acceptors (Lipinski definition) is 2. The molecule has 1 rings (SSSR count). The highest BCUT2D eigenvalue weighted by Gasteiger charge is 2.32. The first-order valence-electron chi connectivity index (χ1n) is 8.36. The molecule has 0 aromatic heterocycles. The topological polar surface area (TPSA) is 21.3 Å². The molecule has 1 saturated carbocycles. The quantitative estimate of drug-likeness (QED) is 0.535. The van der Waals surface area contributed by atoms with Crippen molar-refractivity contribution < 1.29 is 4.74 Å². The van der Waals surface area contributed by atoms with Crippen molar-refractivity contribution in [1.82, 2.24) is 5.32 Å². The predicted molar refractivity (Wildman–Crippen MR) is 83.7 cm³/mol. The molecule has 0 heterocycles. The Morgan fingerprint density at radius 2 is 1.63 bits per heavy atom. The van der Waals surface area contributed by atoms with Gasteiger partial charge in [-0.3, -0.25) is 0 Å². The first-order chi connectivity index (χ1) is 8.97. The molecule has 1 aliphatic rings. The number of unbranched alkanes of at least 4 members (excludes halogenated alkanes) is 2. The Morgan fingerprint density at radius 3 is 2.16 bits per heavy atom. The van der Waals surface area contributed by atoms with E-state index in [9.17, 15) is 0 Å². The van der Waals surface area contributed by atoms with Gasteiger partial charge in [-0.05, 0) is 40.0 Å². The van der Waals surface area contributed by atoms with E-state index in [1.54, 1.807) is 0 Å². The normalized spacial score (nSPS) is 20.2. The van der Waals surface area contributed by atoms with E-state index in [2.05, 4.69) is 33.0 Å². The van der Waals surface area contributed by atoms with E-state index < -0.39 is 0 Å². The van der Waals surface area contributed by atoms with Crippen LogP contribution in [0.15, 0.2) is 0 Å². The van der Waals surface area contributed by atoms with E-state index >= 15 is 0 Å². The van der Waals surface area contributed by atoms with E-state index in [1.807, 2.05) is 0 Å². The third-order valence-electron chi connectivity index (χ3n) is 4.11. The van der Waals surface area contributed by atoms with E-state index in [0.29, 0.717) is 0 Å². The van der Waals surface area contributed by atoms with Crippen molar-refractivity contribution in [2.24, 2.45) is 0 Å². The molecule has 0 aliphatic heterocycles. The van der Waals surface area contributed by atoms with Crippen LogP contribution >= 0.6 is 0 Å². The van der Waals surface area contributed by atoms with Gasteiger partial charge in [-0.15, -0.1) is 0 Å². The lowest BCUT2D eigenvalue weighted by Crippen LogP contribution is -2.49. The van der Waals surface area contributed by atoms with Gasteiger partial charge >= 0.3 is 0 Å². The minimum atomic E-state index is 0.109. The number of ether oxygens (including phenoxy) is 1. The average molecular weight is 269 g/mol. The summed E-state index contributed by atoms with van der Waals surface area (Å²) in [6.07, 6.45) is 11.7. The molecule has 0 bridgehead atoms. The highest BCUT2D eigenvalue weighted by molar-refractivity contribution is 4.88. The fourth-order valence-electron chi connectivity index (χ4n) is 2.81. The lowest BCUT2D eigenvalue weighted by Gasteiger charge is -2.36. The lowest BCUT2D eigenvalue weighted by atomic mass is 9.92. The standard InChI is InChI=1S/C17H35NO/c1-5-6-11-14-19-17(15-18-16(2,3)4)12-9-7-8-10-13-17/h18H,5-15H2,1-4H3. The Morgan fingerprint density at radius 1 is 1.00 bits per heavy atom. The minimum Gasteiger partial charge on any atom is -0.374 e. The molecule has 0 aromatic carbocycles. The largest absolute Gasteiger partial charge is 0.374 e. The van der Waals surface area contributed by atoms with Gasteiger partial charge in [0.2, 0.25) is 0 Å². The summed E-state index contributed by atoms with van der Waals surface area (Å²) in [6, 6.07) is 0. The van der Waals surface area contributed by atoms with Crippen molar-refractivity contribution in [3.63, 3.8) is 0 Å². The van der Waals surface area contributed by atoms with E-state index in [0.717, 1.165) is 13.2 Å². The molecule has 19 heavy (non-hydrogen) atoms. The molecule has 2 nitrogen and oxygen atoms in total. The summed E-state index contributed by atoms with van der Waals surface area (Å²) in [5, 5.41) is 3.68. The van der Waals surface area contributed by atoms with Crippen LogP contribution in [0.25, 0.3) is 0 Å². The summed E-state index contributed by atoms with van der Waals surface area (Å²) in [5.41, 5.74) is 0.295. The first-order valence-corrected chi connectivity index (χ1v) is 8.36. The Labute approximate surface area is 120 Å². The van der Waals surface area contributed by atoms with Crippen LogP contribution in [0.3, 0.4) is 0 Å². The first kappa shape index (κ1) is 17.0. The van der Waals surface area contributed by atoms with Crippen LogP contribution in [0.4, 0.5) is 0 Å². The predicted octanol–water partition coefficient (Wildman–Crippen LogP) is 4.67. The molecule has 1 fully saturated rings. The molecule has 0 radical (unpaired) electrons. The molecule has 2 heteroatoms. The monoisotopic (exact) mass is 269 g/mol. The number of rotatable bonds is 7. The second kappa shape index (κ2) is 8.26. The molecule has 0 unspecified atom stereocenters. The minimum absolute atomic E-state index is 0.109. The van der Waals surface area contributed by atoms with E-state index in [-0.39, 0.29) is 11.1 Å². The van der Waals surface area contributed by atoms with Crippen LogP contribution in [0, 0.1) is 0 Å². The van der Waals surface area contributed by atoms with Gasteiger partial charge in [0.15, 0.2) is 0 Å². The fourth-order valence-corrected chi connectivity index (χ4v) is 2.81. The third-order valence-corrected chi connectivity index (χ3v) is 4.11. The second-order valence-electron chi connectivity index (χ2n) is 7.26. The molecular formula is C17H35NO. The molecule has 1 aliphatic carbocycles. The van der Waals surface area contributed by atoms with Gasteiger partial charge in [-0.2, -0.15) is 0 Å². The van der Waals surface area contributed by atoms with Crippen LogP contribution in [-0.2, 0) is 4.74 Å². The van der Waals surface area contributed by atoms with Crippen LogP contribution in [-0.4, -0.2) is 24.3 Å². The summed E-state index contributed by atoms with van der Waals surface area (Å²) in [6.45, 7) is 10.9. The highest BCUT2D eigenvalue weighted by Crippen LogP contribution is 2.31. The SMILES string of the molecule is CCCCCOC1(CNC(C)(C)C)CCCCCC1. The van der Waals surface area contributed by atoms with Crippen molar-refractivity contribution in [2.75, 3.05) is 13.2 Å². The zero-order valence-electron chi connectivity index (χ0n) is 13.7. The maximum Gasteiger partial charge on any atom is 0.0806 e. The summed E-state index contributed by atoms with van der Waals surface area (Å²) in [5.74, 6) is 0. The maximum atomic E-state index is 6.39. The zero-order chi connectivity index (χ0) is 14.2. The van der Waals surface area contributed by atoms with Gasteiger partial charge in [-0.1, -0.05) is 45.4 Å². The molecule has 0 amide bonds. The third kappa shape index (κ3) is 7.31. The molecule has 0 saturated heterocycles. The van der Waals surface area contributed by atoms with Gasteiger partial charge in [0, 0.05) is 18.7 Å². The summed E-state index contributed by atoms with van der Waals surface area (Å²) < 4.78 is 6.39. The average Bonchev–Trinajstić information content (AvgIpc) is 2.58. The molecule has 1 N–H and O–H groups in total. The Hall–Kier alpha value is -0.0800. The zero-order valence-corrected chi connectivity index (χ0v) is 13.7. The highest BCUT2D eigenvalue weighted by atomic mass is 16.5. The van der Waals surface area contributed by atoms with Crippen molar-refractivity contribution in [2.45, 2.75) is 96.6 Å². The van der Waals surface area contributed by atoms with E-state index in [1.165, 1.54) is 57.8 Å². The van der Waals surface area contributed by atoms with E-state index in [4.69, 9.17) is 4.74 Å². The molecule has 0 atom stereocenters. The van der Waals surface area contributed by atoms with Crippen molar-refractivity contribution >= 4 is 0 Å². The molecule has 114 valence electrons. The van der Waals surface area contributed by atoms with Crippen LogP contribution < -0.4 is 5.32 Å². The Balaban J connectivity index is 2.50.